The molecule has 1 aromatic rings. The second-order valence-electron chi connectivity index (χ2n) is 8.85. The molecule has 0 saturated carbocycles. The molecule has 4 N–H and O–H groups in total. The Bertz CT molecular complexity index is 690. The number of amides is 2. The van der Waals surface area contributed by atoms with Gasteiger partial charge in [-0.3, -0.25) is 9.59 Å². The summed E-state index contributed by atoms with van der Waals surface area (Å²) in [5, 5.41) is 5.96. The van der Waals surface area contributed by atoms with Gasteiger partial charge in [-0.05, 0) is 32.9 Å². The Morgan fingerprint density at radius 1 is 0.967 bits per heavy atom. The Morgan fingerprint density at radius 2 is 1.57 bits per heavy atom. The number of para-hydroxylation sites is 2. The van der Waals surface area contributed by atoms with Gasteiger partial charge < -0.3 is 29.9 Å². The molecule has 1 heterocycles. The summed E-state index contributed by atoms with van der Waals surface area (Å²) in [5.74, 6) is 1.48. The highest BCUT2D eigenvalue weighted by atomic mass is 16.5. The molecule has 2 rings (SSSR count). The second kappa shape index (κ2) is 11.8. The van der Waals surface area contributed by atoms with Crippen LogP contribution in [0.15, 0.2) is 24.3 Å². The van der Waals surface area contributed by atoms with Gasteiger partial charge in [-0.15, -0.1) is 0 Å². The minimum absolute atomic E-state index is 0.0301. The van der Waals surface area contributed by atoms with Crippen LogP contribution >= 0.6 is 0 Å². The fourth-order valence-electron chi connectivity index (χ4n) is 3.61. The van der Waals surface area contributed by atoms with Crippen molar-refractivity contribution in [2.45, 2.75) is 32.7 Å². The van der Waals surface area contributed by atoms with Crippen molar-refractivity contribution in [3.05, 3.63) is 24.3 Å². The van der Waals surface area contributed by atoms with Gasteiger partial charge in [0.15, 0.2) is 24.6 Å². The third kappa shape index (κ3) is 9.00. The quantitative estimate of drug-likeness (QED) is 0.357. The van der Waals surface area contributed by atoms with Crippen LogP contribution in [0.2, 0.25) is 0 Å². The minimum Gasteiger partial charge on any atom is -0.493 e. The van der Waals surface area contributed by atoms with Crippen molar-refractivity contribution < 1.29 is 28.9 Å². The van der Waals surface area contributed by atoms with Crippen molar-refractivity contribution in [1.82, 2.24) is 10.6 Å². The minimum atomic E-state index is -0.201. The molecule has 8 nitrogen and oxygen atoms in total. The molecule has 2 amide bonds. The van der Waals surface area contributed by atoms with Crippen molar-refractivity contribution in [3.63, 3.8) is 0 Å². The van der Waals surface area contributed by atoms with Crippen molar-refractivity contribution in [3.8, 4) is 11.5 Å². The highest BCUT2D eigenvalue weighted by molar-refractivity contribution is 5.77. The van der Waals surface area contributed by atoms with E-state index in [0.29, 0.717) is 37.7 Å². The molecule has 0 bridgehead atoms. The van der Waals surface area contributed by atoms with E-state index in [4.69, 9.17) is 9.47 Å². The van der Waals surface area contributed by atoms with Crippen LogP contribution in [0.3, 0.4) is 0 Å². The van der Waals surface area contributed by atoms with E-state index in [0.717, 1.165) is 32.6 Å². The van der Waals surface area contributed by atoms with E-state index < -0.39 is 0 Å². The number of quaternary nitrogens is 2. The van der Waals surface area contributed by atoms with Gasteiger partial charge >= 0.3 is 0 Å². The largest absolute Gasteiger partial charge is 0.493 e. The molecule has 1 saturated heterocycles. The summed E-state index contributed by atoms with van der Waals surface area (Å²) in [4.78, 5) is 27.0. The molecular weight excluding hydrogens is 384 g/mol. The first-order valence-corrected chi connectivity index (χ1v) is 10.8. The number of ether oxygens (including phenoxy) is 2. The Kier molecular flexibility index (Phi) is 9.39. The summed E-state index contributed by atoms with van der Waals surface area (Å²) < 4.78 is 10.9. The fraction of sp³-hybridized carbons (Fsp3) is 0.636. The molecule has 1 aromatic carbocycles. The summed E-state index contributed by atoms with van der Waals surface area (Å²) in [6.07, 6.45) is 1.01. The summed E-state index contributed by atoms with van der Waals surface area (Å²) in [7, 11) is 1.60. The maximum atomic E-state index is 12.3. The SMILES string of the molecule is COc1ccccc1OCCNC(=O)C[NH+]1CCC[NH+](CC(=O)NC(C)(C)C)CC1. The average molecular weight is 423 g/mol. The smallest absolute Gasteiger partial charge is 0.275 e. The van der Waals surface area contributed by atoms with Gasteiger partial charge in [-0.25, -0.2) is 0 Å². The molecular formula is C22H38N4O4+2. The predicted molar refractivity (Wildman–Crippen MR) is 115 cm³/mol. The zero-order chi connectivity index (χ0) is 22.0. The zero-order valence-electron chi connectivity index (χ0n) is 18.8. The van der Waals surface area contributed by atoms with Crippen molar-refractivity contribution in [1.29, 1.82) is 0 Å². The molecule has 1 aliphatic heterocycles. The van der Waals surface area contributed by atoms with Crippen LogP contribution in [0.25, 0.3) is 0 Å². The number of benzene rings is 1. The van der Waals surface area contributed by atoms with Gasteiger partial charge in [0, 0.05) is 12.0 Å². The first-order valence-electron chi connectivity index (χ1n) is 10.8. The molecule has 168 valence electrons. The number of carbonyl (C=O) groups is 2. The summed E-state index contributed by atoms with van der Waals surface area (Å²) in [6, 6.07) is 7.46. The van der Waals surface area contributed by atoms with Crippen LogP contribution in [-0.4, -0.2) is 76.9 Å². The molecule has 0 spiro atoms. The van der Waals surface area contributed by atoms with Gasteiger partial charge in [0.2, 0.25) is 0 Å². The third-order valence-corrected chi connectivity index (χ3v) is 4.98. The Morgan fingerprint density at radius 3 is 2.17 bits per heavy atom. The van der Waals surface area contributed by atoms with Crippen LogP contribution in [0.4, 0.5) is 0 Å². The van der Waals surface area contributed by atoms with Crippen molar-refractivity contribution >= 4 is 11.8 Å². The Hall–Kier alpha value is -2.32. The molecule has 0 aliphatic carbocycles. The standard InChI is InChI=1S/C22H36N4O4/c1-22(2,3)24-21(28)17-26-12-7-11-25(13-14-26)16-20(27)23-10-15-30-19-9-6-5-8-18(19)29-4/h5-6,8-9H,7,10-17H2,1-4H3,(H,23,27)(H,24,28)/p+2. The first-order chi connectivity index (χ1) is 14.3. The molecule has 8 heteroatoms. The normalized spacial score (nSPS) is 19.5. The van der Waals surface area contributed by atoms with Crippen LogP contribution in [-0.2, 0) is 9.59 Å². The maximum Gasteiger partial charge on any atom is 0.275 e. The van der Waals surface area contributed by atoms with E-state index in [-0.39, 0.29) is 17.4 Å². The summed E-state index contributed by atoms with van der Waals surface area (Å²) >= 11 is 0. The lowest BCUT2D eigenvalue weighted by Crippen LogP contribution is -3.18. The molecule has 1 fully saturated rings. The monoisotopic (exact) mass is 422 g/mol. The number of carbonyl (C=O) groups excluding carboxylic acids is 2. The van der Waals surface area contributed by atoms with E-state index in [2.05, 4.69) is 10.6 Å². The van der Waals surface area contributed by atoms with Gasteiger partial charge in [0.1, 0.15) is 19.7 Å². The van der Waals surface area contributed by atoms with Gasteiger partial charge in [0.05, 0.1) is 26.7 Å². The molecule has 2 unspecified atom stereocenters. The third-order valence-electron chi connectivity index (χ3n) is 4.98. The number of nitrogens with one attached hydrogen (secondary N) is 4. The lowest BCUT2D eigenvalue weighted by molar-refractivity contribution is -0.930. The van der Waals surface area contributed by atoms with Crippen molar-refractivity contribution in [2.75, 3.05) is 59.5 Å². The number of rotatable bonds is 9. The number of hydrogen-bond acceptors (Lipinski definition) is 4. The molecule has 2 atom stereocenters. The van der Waals surface area contributed by atoms with Crippen molar-refractivity contribution in [2.24, 2.45) is 0 Å². The van der Waals surface area contributed by atoms with E-state index in [1.165, 1.54) is 9.80 Å². The zero-order valence-corrected chi connectivity index (χ0v) is 18.8. The molecule has 0 aromatic heterocycles. The van der Waals surface area contributed by atoms with Crippen LogP contribution in [0.1, 0.15) is 27.2 Å². The average Bonchev–Trinajstić information content (AvgIpc) is 2.89. The molecule has 1 aliphatic rings. The van der Waals surface area contributed by atoms with Gasteiger partial charge in [0.25, 0.3) is 11.8 Å². The Labute approximate surface area is 179 Å². The molecule has 0 radical (unpaired) electrons. The highest BCUT2D eigenvalue weighted by Gasteiger charge is 2.25. The topological polar surface area (TPSA) is 85.5 Å². The lowest BCUT2D eigenvalue weighted by atomic mass is 10.1. The van der Waals surface area contributed by atoms with E-state index in [9.17, 15) is 9.59 Å². The predicted octanol–water partition coefficient (Wildman–Crippen LogP) is -1.72. The van der Waals surface area contributed by atoms with E-state index >= 15 is 0 Å². The summed E-state index contributed by atoms with van der Waals surface area (Å²) in [5.41, 5.74) is -0.201. The molecule has 30 heavy (non-hydrogen) atoms. The fourth-order valence-corrected chi connectivity index (χ4v) is 3.61. The Balaban J connectivity index is 1.65. The van der Waals surface area contributed by atoms with Gasteiger partial charge in [-0.1, -0.05) is 12.1 Å². The van der Waals surface area contributed by atoms with E-state index in [1.807, 2.05) is 45.0 Å². The highest BCUT2D eigenvalue weighted by Crippen LogP contribution is 2.25. The maximum absolute atomic E-state index is 12.3. The number of methoxy groups -OCH3 is 1. The van der Waals surface area contributed by atoms with Crippen LogP contribution in [0.5, 0.6) is 11.5 Å². The van der Waals surface area contributed by atoms with Crippen LogP contribution in [0, 0.1) is 0 Å². The van der Waals surface area contributed by atoms with Gasteiger partial charge in [-0.2, -0.15) is 0 Å². The second-order valence-corrected chi connectivity index (χ2v) is 8.85. The summed E-state index contributed by atoms with van der Waals surface area (Å²) in [6.45, 7) is 11.5. The van der Waals surface area contributed by atoms with Crippen LogP contribution < -0.4 is 29.9 Å². The van der Waals surface area contributed by atoms with E-state index in [1.54, 1.807) is 7.11 Å². The first kappa shape index (κ1) is 24.0. The number of hydrogen-bond donors (Lipinski definition) is 4. The lowest BCUT2D eigenvalue weighted by Gasteiger charge is -2.22.